The largest absolute Gasteiger partial charge is 0.376 e. The molecule has 7 nitrogen and oxygen atoms in total. The number of amides is 2. The predicted octanol–water partition coefficient (Wildman–Crippen LogP) is 4.19. The molecule has 2 atom stereocenters. The molecule has 1 saturated heterocycles. The van der Waals surface area contributed by atoms with E-state index in [1.807, 2.05) is 36.0 Å². The van der Waals surface area contributed by atoms with Gasteiger partial charge in [0.1, 0.15) is 11.2 Å². The van der Waals surface area contributed by atoms with E-state index in [-0.39, 0.29) is 24.0 Å². The van der Waals surface area contributed by atoms with Gasteiger partial charge in [-0.2, -0.15) is 0 Å². The van der Waals surface area contributed by atoms with Crippen LogP contribution in [0, 0.1) is 6.92 Å². The number of benzene rings is 1. The number of aromatic nitrogens is 2. The van der Waals surface area contributed by atoms with Crippen molar-refractivity contribution < 1.29 is 14.3 Å². The average molecular weight is 475 g/mol. The second-order valence-electron chi connectivity index (χ2n) is 10.7. The Morgan fingerprint density at radius 2 is 1.91 bits per heavy atom. The predicted molar refractivity (Wildman–Crippen MR) is 135 cm³/mol. The highest BCUT2D eigenvalue weighted by molar-refractivity contribution is 6.09. The van der Waals surface area contributed by atoms with Crippen LogP contribution in [-0.2, 0) is 16.1 Å². The van der Waals surface area contributed by atoms with E-state index < -0.39 is 5.54 Å². The molecule has 35 heavy (non-hydrogen) atoms. The minimum atomic E-state index is -0.997. The fourth-order valence-corrected chi connectivity index (χ4v) is 6.20. The molecule has 4 heterocycles. The number of nitrogens with zero attached hydrogens (tertiary/aromatic N) is 3. The number of hydrogen-bond donors (Lipinski definition) is 1. The first-order valence-electron chi connectivity index (χ1n) is 13.0. The van der Waals surface area contributed by atoms with E-state index in [4.69, 9.17) is 4.74 Å². The Morgan fingerprint density at radius 1 is 1.14 bits per heavy atom. The molecule has 2 aliphatic heterocycles. The summed E-state index contributed by atoms with van der Waals surface area (Å²) >= 11 is 0. The third-order valence-electron chi connectivity index (χ3n) is 8.15. The van der Waals surface area contributed by atoms with E-state index in [1.165, 1.54) is 0 Å². The molecule has 3 aliphatic rings. The van der Waals surface area contributed by atoms with Crippen molar-refractivity contribution in [3.05, 3.63) is 54.0 Å². The van der Waals surface area contributed by atoms with Crippen LogP contribution in [0.25, 0.3) is 16.6 Å². The van der Waals surface area contributed by atoms with Gasteiger partial charge >= 0.3 is 0 Å². The summed E-state index contributed by atoms with van der Waals surface area (Å²) in [6.07, 6.45) is 10.1. The van der Waals surface area contributed by atoms with Crippen molar-refractivity contribution in [1.82, 2.24) is 19.4 Å². The summed E-state index contributed by atoms with van der Waals surface area (Å²) in [6.45, 7) is 5.56. The number of carbonyl (C=O) groups excluding carboxylic acids is 2. The fraction of sp³-hybridized carbons (Fsp3) is 0.500. The van der Waals surface area contributed by atoms with Gasteiger partial charge in [0.05, 0.1) is 23.9 Å². The molecule has 6 rings (SSSR count). The number of carbonyl (C=O) groups is 2. The van der Waals surface area contributed by atoms with Crippen molar-refractivity contribution in [3.63, 3.8) is 0 Å². The molecule has 1 aliphatic carbocycles. The Labute approximate surface area is 206 Å². The Bertz CT molecular complexity index is 1270. The van der Waals surface area contributed by atoms with Crippen LogP contribution >= 0.6 is 0 Å². The van der Waals surface area contributed by atoms with Gasteiger partial charge in [-0.3, -0.25) is 9.59 Å². The Kier molecular flexibility index (Phi) is 5.48. The molecule has 3 aromatic rings. The van der Waals surface area contributed by atoms with Crippen LogP contribution in [0.15, 0.2) is 42.7 Å². The highest BCUT2D eigenvalue weighted by Gasteiger charge is 2.50. The molecule has 7 heteroatoms. The standard InChI is InChI=1S/C28H34N4O3/c1-19-11-12-23-22(16-19)24(30-13-5-6-14-30)25-26(33)32(17-21-10-7-15-35-21)28(2,18-31(23)25)27(34)29-20-8-3-4-9-20/h5-6,11-14,16,20-21H,3-4,7-10,15,17-18H2,1-2H3,(H,29,34)/t21-,28-/m1/s1. The zero-order chi connectivity index (χ0) is 24.2. The summed E-state index contributed by atoms with van der Waals surface area (Å²) < 4.78 is 10.0. The maximum Gasteiger partial charge on any atom is 0.273 e. The zero-order valence-corrected chi connectivity index (χ0v) is 20.6. The molecule has 0 unspecified atom stereocenters. The van der Waals surface area contributed by atoms with Gasteiger partial charge in [0.2, 0.25) is 5.91 Å². The van der Waals surface area contributed by atoms with Crippen molar-refractivity contribution in [2.75, 3.05) is 13.2 Å². The average Bonchev–Trinajstić information content (AvgIpc) is 3.64. The molecule has 1 N–H and O–H groups in total. The quantitative estimate of drug-likeness (QED) is 0.603. The van der Waals surface area contributed by atoms with Crippen LogP contribution in [0.1, 0.15) is 61.5 Å². The number of rotatable bonds is 5. The molecule has 2 fully saturated rings. The Balaban J connectivity index is 1.50. The normalized spacial score (nSPS) is 24.9. The monoisotopic (exact) mass is 474 g/mol. The maximum atomic E-state index is 14.4. The van der Waals surface area contributed by atoms with E-state index in [1.54, 1.807) is 4.90 Å². The summed E-state index contributed by atoms with van der Waals surface area (Å²) in [4.78, 5) is 30.1. The van der Waals surface area contributed by atoms with E-state index >= 15 is 0 Å². The summed E-state index contributed by atoms with van der Waals surface area (Å²) in [5.41, 5.74) is 2.66. The van der Waals surface area contributed by atoms with Gasteiger partial charge < -0.3 is 24.1 Å². The van der Waals surface area contributed by atoms with Crippen molar-refractivity contribution in [3.8, 4) is 5.69 Å². The summed E-state index contributed by atoms with van der Waals surface area (Å²) in [6, 6.07) is 10.4. The highest BCUT2D eigenvalue weighted by Crippen LogP contribution is 2.39. The second kappa shape index (κ2) is 8.55. The molecule has 2 amide bonds. The molecular weight excluding hydrogens is 440 g/mol. The van der Waals surface area contributed by atoms with Crippen molar-refractivity contribution in [2.24, 2.45) is 0 Å². The Hall–Kier alpha value is -3.06. The summed E-state index contributed by atoms with van der Waals surface area (Å²) in [5.74, 6) is -0.161. The number of nitrogens with one attached hydrogen (secondary N) is 1. The molecule has 0 radical (unpaired) electrons. The van der Waals surface area contributed by atoms with Gasteiger partial charge in [-0.15, -0.1) is 0 Å². The van der Waals surface area contributed by atoms with Crippen LogP contribution in [0.4, 0.5) is 0 Å². The topological polar surface area (TPSA) is 68.5 Å². The van der Waals surface area contributed by atoms with Crippen molar-refractivity contribution >= 4 is 22.7 Å². The van der Waals surface area contributed by atoms with Gasteiger partial charge in [0.15, 0.2) is 0 Å². The van der Waals surface area contributed by atoms with Crippen LogP contribution < -0.4 is 5.32 Å². The van der Waals surface area contributed by atoms with Crippen LogP contribution in [-0.4, -0.2) is 56.7 Å². The first-order valence-corrected chi connectivity index (χ1v) is 13.0. The minimum Gasteiger partial charge on any atom is -0.376 e. The lowest BCUT2D eigenvalue weighted by molar-refractivity contribution is -0.134. The molecule has 0 bridgehead atoms. The van der Waals surface area contributed by atoms with E-state index in [2.05, 4.69) is 35.0 Å². The summed E-state index contributed by atoms with van der Waals surface area (Å²) in [5, 5.41) is 4.32. The third kappa shape index (κ3) is 3.68. The van der Waals surface area contributed by atoms with E-state index in [0.29, 0.717) is 25.4 Å². The first kappa shape index (κ1) is 22.4. The molecule has 184 valence electrons. The van der Waals surface area contributed by atoms with Gasteiger partial charge in [-0.1, -0.05) is 24.5 Å². The molecule has 1 saturated carbocycles. The fourth-order valence-electron chi connectivity index (χ4n) is 6.20. The van der Waals surface area contributed by atoms with Gasteiger partial charge in [-0.25, -0.2) is 0 Å². The second-order valence-corrected chi connectivity index (χ2v) is 10.7. The van der Waals surface area contributed by atoms with Crippen LogP contribution in [0.3, 0.4) is 0 Å². The van der Waals surface area contributed by atoms with Gasteiger partial charge in [-0.05, 0) is 63.8 Å². The van der Waals surface area contributed by atoms with E-state index in [9.17, 15) is 9.59 Å². The van der Waals surface area contributed by atoms with Crippen molar-refractivity contribution in [2.45, 2.75) is 76.6 Å². The van der Waals surface area contributed by atoms with E-state index in [0.717, 1.165) is 60.7 Å². The van der Waals surface area contributed by atoms with Gasteiger partial charge in [0.25, 0.3) is 5.91 Å². The SMILES string of the molecule is Cc1ccc2c(c1)c(-n1cccc1)c1n2C[C@](C)(C(=O)NC2CCCC2)N(C[C@H]2CCCO2)C1=O. The Morgan fingerprint density at radius 3 is 2.63 bits per heavy atom. The maximum absolute atomic E-state index is 14.4. The number of hydrogen-bond acceptors (Lipinski definition) is 3. The van der Waals surface area contributed by atoms with Gasteiger partial charge in [0, 0.05) is 37.0 Å². The van der Waals surface area contributed by atoms with Crippen LogP contribution in [0.5, 0.6) is 0 Å². The van der Waals surface area contributed by atoms with Crippen LogP contribution in [0.2, 0.25) is 0 Å². The first-order chi connectivity index (χ1) is 17.0. The molecule has 0 spiro atoms. The van der Waals surface area contributed by atoms with Crippen molar-refractivity contribution in [1.29, 1.82) is 0 Å². The number of aryl methyl sites for hydroxylation is 1. The minimum absolute atomic E-state index is 0.0363. The lowest BCUT2D eigenvalue weighted by Crippen LogP contribution is -2.66. The highest BCUT2D eigenvalue weighted by atomic mass is 16.5. The molecular formula is C28H34N4O3. The third-order valence-corrected chi connectivity index (χ3v) is 8.15. The lowest BCUT2D eigenvalue weighted by Gasteiger charge is -2.45. The summed E-state index contributed by atoms with van der Waals surface area (Å²) in [7, 11) is 0. The molecule has 1 aromatic carbocycles. The zero-order valence-electron chi connectivity index (χ0n) is 20.6. The number of ether oxygens (including phenoxy) is 1. The lowest BCUT2D eigenvalue weighted by atomic mass is 9.93. The number of fused-ring (bicyclic) bond motifs is 3. The smallest absolute Gasteiger partial charge is 0.273 e. The molecule has 2 aromatic heterocycles.